The highest BCUT2D eigenvalue weighted by Gasteiger charge is 2.29. The Morgan fingerprint density at radius 1 is 1.44 bits per heavy atom. The standard InChI is InChI=1S/C17H24N4O2.C2H4O2/c1-3-4-9-23-17(22)15-10-13-5-6-14(12(2)16(13)19-15)20-21-8-7-18-11-21;1-2(3)4/h5-6,11,15,19-20H,3-4,7-10H2,1-2H3;1H3,(H,3,4). The molecule has 0 bridgehead atoms. The third-order valence-electron chi connectivity index (χ3n) is 4.28. The zero-order valence-corrected chi connectivity index (χ0v) is 16.1. The van der Waals surface area contributed by atoms with E-state index >= 15 is 0 Å². The quantitative estimate of drug-likeness (QED) is 0.517. The Morgan fingerprint density at radius 3 is 2.81 bits per heavy atom. The lowest BCUT2D eigenvalue weighted by Crippen LogP contribution is -2.29. The van der Waals surface area contributed by atoms with Crippen molar-refractivity contribution in [3.8, 4) is 0 Å². The molecule has 148 valence electrons. The van der Waals surface area contributed by atoms with Crippen molar-refractivity contribution in [3.63, 3.8) is 0 Å². The van der Waals surface area contributed by atoms with Gasteiger partial charge in [-0.1, -0.05) is 19.4 Å². The van der Waals surface area contributed by atoms with Crippen LogP contribution in [-0.2, 0) is 20.7 Å². The highest BCUT2D eigenvalue weighted by molar-refractivity contribution is 5.85. The molecule has 2 aliphatic heterocycles. The highest BCUT2D eigenvalue weighted by Crippen LogP contribution is 2.34. The van der Waals surface area contributed by atoms with Gasteiger partial charge in [-0.2, -0.15) is 0 Å². The molecule has 8 heteroatoms. The molecular weight excluding hydrogens is 348 g/mol. The first-order chi connectivity index (χ1) is 12.9. The first-order valence-corrected chi connectivity index (χ1v) is 9.20. The van der Waals surface area contributed by atoms with Crippen LogP contribution >= 0.6 is 0 Å². The molecule has 0 radical (unpaired) electrons. The van der Waals surface area contributed by atoms with E-state index in [9.17, 15) is 4.79 Å². The number of fused-ring (bicyclic) bond motifs is 1. The summed E-state index contributed by atoms with van der Waals surface area (Å²) in [7, 11) is 0. The summed E-state index contributed by atoms with van der Waals surface area (Å²) in [6, 6.07) is 3.86. The largest absolute Gasteiger partial charge is 0.481 e. The van der Waals surface area contributed by atoms with Crippen molar-refractivity contribution < 1.29 is 19.4 Å². The minimum Gasteiger partial charge on any atom is -0.481 e. The van der Waals surface area contributed by atoms with Crippen LogP contribution in [0, 0.1) is 6.92 Å². The van der Waals surface area contributed by atoms with Gasteiger partial charge in [0.2, 0.25) is 0 Å². The molecule has 1 aromatic carbocycles. The molecule has 0 aliphatic carbocycles. The van der Waals surface area contributed by atoms with Crippen LogP contribution in [0.15, 0.2) is 17.1 Å². The van der Waals surface area contributed by atoms with Gasteiger partial charge in [-0.05, 0) is 30.5 Å². The van der Waals surface area contributed by atoms with Crippen molar-refractivity contribution >= 4 is 29.7 Å². The molecule has 0 amide bonds. The van der Waals surface area contributed by atoms with Crippen molar-refractivity contribution in [3.05, 3.63) is 23.3 Å². The van der Waals surface area contributed by atoms with Gasteiger partial charge in [-0.15, -0.1) is 0 Å². The van der Waals surface area contributed by atoms with E-state index in [1.54, 1.807) is 0 Å². The molecule has 3 rings (SSSR count). The van der Waals surface area contributed by atoms with Crippen LogP contribution in [0.5, 0.6) is 0 Å². The van der Waals surface area contributed by atoms with Crippen molar-refractivity contribution in [1.29, 1.82) is 0 Å². The fourth-order valence-electron chi connectivity index (χ4n) is 2.88. The summed E-state index contributed by atoms with van der Waals surface area (Å²) in [6.45, 7) is 7.42. The molecule has 0 aromatic heterocycles. The number of nitrogens with zero attached hydrogens (tertiary/aromatic N) is 2. The number of hydrogen-bond donors (Lipinski definition) is 3. The number of aliphatic carboxylic acids is 1. The molecule has 0 fully saturated rings. The molecule has 0 saturated heterocycles. The van der Waals surface area contributed by atoms with E-state index in [2.05, 4.69) is 41.7 Å². The number of carbonyl (C=O) groups is 2. The summed E-state index contributed by atoms with van der Waals surface area (Å²) < 4.78 is 5.33. The van der Waals surface area contributed by atoms with E-state index in [1.807, 2.05) is 11.3 Å². The van der Waals surface area contributed by atoms with Crippen LogP contribution in [0.3, 0.4) is 0 Å². The monoisotopic (exact) mass is 376 g/mol. The second-order valence-corrected chi connectivity index (χ2v) is 6.54. The molecule has 0 spiro atoms. The lowest BCUT2D eigenvalue weighted by molar-refractivity contribution is -0.144. The maximum absolute atomic E-state index is 12.1. The van der Waals surface area contributed by atoms with Crippen LogP contribution in [0.2, 0.25) is 0 Å². The summed E-state index contributed by atoms with van der Waals surface area (Å²) >= 11 is 0. The first-order valence-electron chi connectivity index (χ1n) is 9.20. The van der Waals surface area contributed by atoms with Crippen LogP contribution in [0.1, 0.15) is 37.8 Å². The van der Waals surface area contributed by atoms with Crippen molar-refractivity contribution in [2.45, 2.75) is 46.1 Å². The molecule has 3 N–H and O–H groups in total. The Bertz CT molecular complexity index is 701. The number of hydrogen-bond acceptors (Lipinski definition) is 7. The topological polar surface area (TPSA) is 103 Å². The molecule has 27 heavy (non-hydrogen) atoms. The molecule has 8 nitrogen and oxygen atoms in total. The molecule has 2 aliphatic rings. The van der Waals surface area contributed by atoms with E-state index in [0.29, 0.717) is 13.0 Å². The van der Waals surface area contributed by atoms with Crippen molar-refractivity contribution in [2.24, 2.45) is 4.99 Å². The van der Waals surface area contributed by atoms with Crippen LogP contribution in [-0.4, -0.2) is 54.1 Å². The number of unbranched alkanes of at least 4 members (excludes halogenated alkanes) is 1. The van der Waals surface area contributed by atoms with Crippen molar-refractivity contribution in [1.82, 2.24) is 5.01 Å². The number of ether oxygens (including phenoxy) is 1. The van der Waals surface area contributed by atoms with Crippen molar-refractivity contribution in [2.75, 3.05) is 30.4 Å². The number of esters is 1. The van der Waals surface area contributed by atoms with Crippen LogP contribution < -0.4 is 10.7 Å². The summed E-state index contributed by atoms with van der Waals surface area (Å²) in [6.07, 6.45) is 4.44. The lowest BCUT2D eigenvalue weighted by atomic mass is 10.1. The summed E-state index contributed by atoms with van der Waals surface area (Å²) in [4.78, 5) is 25.3. The number of rotatable bonds is 6. The average molecular weight is 376 g/mol. The number of benzene rings is 1. The maximum Gasteiger partial charge on any atom is 0.328 e. The second kappa shape index (κ2) is 9.80. The van der Waals surface area contributed by atoms with Gasteiger partial charge in [0, 0.05) is 19.0 Å². The van der Waals surface area contributed by atoms with Crippen LogP contribution in [0.4, 0.5) is 11.4 Å². The van der Waals surface area contributed by atoms with Gasteiger partial charge in [0.1, 0.15) is 12.4 Å². The molecular formula is C19H28N4O4. The van der Waals surface area contributed by atoms with E-state index in [1.165, 1.54) is 5.56 Å². The van der Waals surface area contributed by atoms with Gasteiger partial charge < -0.3 is 15.2 Å². The normalized spacial score (nSPS) is 16.9. The number of carbonyl (C=O) groups excluding carboxylic acids is 1. The molecule has 1 atom stereocenters. The smallest absolute Gasteiger partial charge is 0.328 e. The molecule has 1 unspecified atom stereocenters. The number of carboxylic acids is 1. The molecule has 2 heterocycles. The van der Waals surface area contributed by atoms with E-state index < -0.39 is 5.97 Å². The number of hydrazine groups is 1. The van der Waals surface area contributed by atoms with E-state index in [4.69, 9.17) is 14.6 Å². The second-order valence-electron chi connectivity index (χ2n) is 6.54. The predicted molar refractivity (Wildman–Crippen MR) is 105 cm³/mol. The van der Waals surface area contributed by atoms with Gasteiger partial charge >= 0.3 is 5.97 Å². The summed E-state index contributed by atoms with van der Waals surface area (Å²) in [5.74, 6) is -0.991. The molecule has 1 aromatic rings. The first kappa shape index (κ1) is 20.5. The Morgan fingerprint density at radius 2 is 2.19 bits per heavy atom. The maximum atomic E-state index is 12.1. The van der Waals surface area contributed by atoms with Crippen LogP contribution in [0.25, 0.3) is 0 Å². The Labute approximate surface area is 159 Å². The predicted octanol–water partition coefficient (Wildman–Crippen LogP) is 2.44. The Hall–Kier alpha value is -2.77. The summed E-state index contributed by atoms with van der Waals surface area (Å²) in [5.41, 5.74) is 7.71. The highest BCUT2D eigenvalue weighted by atomic mass is 16.5. The van der Waals surface area contributed by atoms with Gasteiger partial charge in [0.25, 0.3) is 5.97 Å². The SMILES string of the molecule is CC(=O)O.CCCCOC(=O)C1Cc2ccc(NN3C=NCC3)c(C)c2N1. The van der Waals surface area contributed by atoms with Gasteiger partial charge in [0.05, 0.1) is 25.4 Å². The van der Waals surface area contributed by atoms with E-state index in [-0.39, 0.29) is 12.0 Å². The fourth-order valence-corrected chi connectivity index (χ4v) is 2.88. The van der Waals surface area contributed by atoms with Gasteiger partial charge in [-0.3, -0.25) is 20.2 Å². The van der Waals surface area contributed by atoms with Gasteiger partial charge in [-0.25, -0.2) is 4.79 Å². The minimum absolute atomic E-state index is 0.157. The number of nitrogens with one attached hydrogen (secondary N) is 2. The average Bonchev–Trinajstić information content (AvgIpc) is 3.27. The number of carboxylic acid groups (broad SMARTS) is 1. The third-order valence-corrected chi connectivity index (χ3v) is 4.28. The summed E-state index contributed by atoms with van der Waals surface area (Å²) in [5, 5.41) is 12.7. The zero-order valence-electron chi connectivity index (χ0n) is 16.1. The molecule has 0 saturated carbocycles. The minimum atomic E-state index is -0.833. The van der Waals surface area contributed by atoms with Gasteiger partial charge in [0.15, 0.2) is 0 Å². The Balaban J connectivity index is 0.000000596. The zero-order chi connectivity index (χ0) is 19.8. The number of aliphatic imine (C=N–C) groups is 1. The number of anilines is 2. The lowest BCUT2D eigenvalue weighted by Gasteiger charge is -2.20. The fraction of sp³-hybridized carbons (Fsp3) is 0.526. The third kappa shape index (κ3) is 5.87. The van der Waals surface area contributed by atoms with E-state index in [0.717, 1.165) is 49.8 Å². The Kier molecular flexibility index (Phi) is 7.45.